The van der Waals surface area contributed by atoms with Gasteiger partial charge in [-0.25, -0.2) is 0 Å². The smallest absolute Gasteiger partial charge is 0.395 e. The second-order valence-corrected chi connectivity index (χ2v) is 2.95. The van der Waals surface area contributed by atoms with Crippen LogP contribution in [0.25, 0.3) is 0 Å². The largest absolute Gasteiger partial charge is 0.471 e. The highest BCUT2D eigenvalue weighted by Crippen LogP contribution is 2.18. The molecule has 0 aliphatic rings. The number of amides is 1. The highest BCUT2D eigenvalue weighted by molar-refractivity contribution is 5.81. The maximum absolute atomic E-state index is 12.0. The monoisotopic (exact) mass is 214 g/mol. The summed E-state index contributed by atoms with van der Waals surface area (Å²) in [5.74, 6) is -1.97. The van der Waals surface area contributed by atoms with Crippen molar-refractivity contribution in [3.8, 4) is 0 Å². The van der Waals surface area contributed by atoms with E-state index in [1.165, 1.54) is 6.92 Å². The molecular formula is C7H13F3N2O2. The molecule has 0 aromatic heterocycles. The SMILES string of the molecule is C[C@@H](N)CN(CCO)C(=O)C(F)(F)F. The lowest BCUT2D eigenvalue weighted by Crippen LogP contribution is -2.47. The maximum atomic E-state index is 12.0. The maximum Gasteiger partial charge on any atom is 0.471 e. The molecule has 0 bridgehead atoms. The van der Waals surface area contributed by atoms with Crippen molar-refractivity contribution in [3.63, 3.8) is 0 Å². The fourth-order valence-electron chi connectivity index (χ4n) is 0.923. The summed E-state index contributed by atoms with van der Waals surface area (Å²) in [4.78, 5) is 11.2. The number of hydrogen-bond acceptors (Lipinski definition) is 3. The minimum atomic E-state index is -4.91. The van der Waals surface area contributed by atoms with Gasteiger partial charge in [-0.1, -0.05) is 0 Å². The van der Waals surface area contributed by atoms with Gasteiger partial charge >= 0.3 is 12.1 Å². The van der Waals surface area contributed by atoms with Crippen molar-refractivity contribution in [2.24, 2.45) is 5.73 Å². The number of rotatable bonds is 4. The third kappa shape index (κ3) is 4.43. The van der Waals surface area contributed by atoms with Crippen LogP contribution in [0.4, 0.5) is 13.2 Å². The number of nitrogens with two attached hydrogens (primary N) is 1. The number of hydrogen-bond donors (Lipinski definition) is 2. The van der Waals surface area contributed by atoms with E-state index in [2.05, 4.69) is 0 Å². The summed E-state index contributed by atoms with van der Waals surface area (Å²) < 4.78 is 35.9. The van der Waals surface area contributed by atoms with E-state index < -0.39 is 24.7 Å². The Morgan fingerprint density at radius 3 is 2.36 bits per heavy atom. The molecule has 84 valence electrons. The van der Waals surface area contributed by atoms with Crippen LogP contribution in [0.3, 0.4) is 0 Å². The summed E-state index contributed by atoms with van der Waals surface area (Å²) in [6.45, 7) is 0.376. The van der Waals surface area contributed by atoms with Crippen molar-refractivity contribution in [2.75, 3.05) is 19.7 Å². The van der Waals surface area contributed by atoms with Crippen LogP contribution in [0.2, 0.25) is 0 Å². The molecule has 4 nitrogen and oxygen atoms in total. The molecule has 0 unspecified atom stereocenters. The van der Waals surface area contributed by atoms with Gasteiger partial charge in [-0.3, -0.25) is 4.79 Å². The molecule has 0 rings (SSSR count). The van der Waals surface area contributed by atoms with Crippen molar-refractivity contribution >= 4 is 5.91 Å². The van der Waals surface area contributed by atoms with E-state index in [1.807, 2.05) is 0 Å². The first kappa shape index (κ1) is 13.2. The molecule has 0 saturated heterocycles. The average molecular weight is 214 g/mol. The molecule has 0 saturated carbocycles. The third-order valence-electron chi connectivity index (χ3n) is 1.41. The second kappa shape index (κ2) is 5.16. The Morgan fingerprint density at radius 1 is 1.57 bits per heavy atom. The van der Waals surface area contributed by atoms with Gasteiger partial charge < -0.3 is 15.7 Å². The molecule has 1 amide bonds. The summed E-state index contributed by atoms with van der Waals surface area (Å²) >= 11 is 0. The minimum absolute atomic E-state index is 0.223. The Bertz CT molecular complexity index is 194. The zero-order valence-corrected chi connectivity index (χ0v) is 7.71. The molecule has 1 atom stereocenters. The predicted molar refractivity (Wildman–Crippen MR) is 43.4 cm³/mol. The zero-order chi connectivity index (χ0) is 11.4. The molecular weight excluding hydrogens is 201 g/mol. The molecule has 0 radical (unpaired) electrons. The topological polar surface area (TPSA) is 66.6 Å². The lowest BCUT2D eigenvalue weighted by atomic mass is 10.3. The van der Waals surface area contributed by atoms with E-state index >= 15 is 0 Å². The van der Waals surface area contributed by atoms with E-state index in [0.29, 0.717) is 4.90 Å². The van der Waals surface area contributed by atoms with Gasteiger partial charge in [-0.05, 0) is 6.92 Å². The van der Waals surface area contributed by atoms with E-state index in [0.717, 1.165) is 0 Å². The Labute approximate surface area is 79.5 Å². The number of aliphatic hydroxyl groups excluding tert-OH is 1. The highest BCUT2D eigenvalue weighted by Gasteiger charge is 2.42. The summed E-state index contributed by atoms with van der Waals surface area (Å²) in [5, 5.41) is 8.46. The number of carbonyl (C=O) groups excluding carboxylic acids is 1. The molecule has 0 spiro atoms. The van der Waals surface area contributed by atoms with E-state index in [4.69, 9.17) is 10.8 Å². The Balaban J connectivity index is 4.41. The van der Waals surface area contributed by atoms with Gasteiger partial charge in [0.1, 0.15) is 0 Å². The number of aliphatic hydroxyl groups is 1. The standard InChI is InChI=1S/C7H13F3N2O2/c1-5(11)4-12(2-3-13)6(14)7(8,9)10/h5,13H,2-4,11H2,1H3/t5-/m1/s1. The van der Waals surface area contributed by atoms with Crippen LogP contribution in [-0.2, 0) is 4.79 Å². The van der Waals surface area contributed by atoms with E-state index in [1.54, 1.807) is 0 Å². The van der Waals surface area contributed by atoms with Gasteiger partial charge in [0.25, 0.3) is 0 Å². The quantitative estimate of drug-likeness (QED) is 0.676. The molecule has 0 aliphatic heterocycles. The van der Waals surface area contributed by atoms with Gasteiger partial charge in [0.15, 0.2) is 0 Å². The van der Waals surface area contributed by atoms with Crippen LogP contribution in [0, 0.1) is 0 Å². The van der Waals surface area contributed by atoms with Crippen LogP contribution in [-0.4, -0.2) is 47.8 Å². The first-order chi connectivity index (χ1) is 6.29. The average Bonchev–Trinajstić information content (AvgIpc) is 2.00. The van der Waals surface area contributed by atoms with Crippen molar-refractivity contribution < 1.29 is 23.1 Å². The first-order valence-corrected chi connectivity index (χ1v) is 4.01. The van der Waals surface area contributed by atoms with Gasteiger partial charge in [0, 0.05) is 19.1 Å². The Morgan fingerprint density at radius 2 is 2.07 bits per heavy atom. The molecule has 3 N–H and O–H groups in total. The second-order valence-electron chi connectivity index (χ2n) is 2.95. The molecule has 14 heavy (non-hydrogen) atoms. The van der Waals surface area contributed by atoms with E-state index in [-0.39, 0.29) is 13.1 Å². The van der Waals surface area contributed by atoms with Crippen LogP contribution in [0.5, 0.6) is 0 Å². The molecule has 0 heterocycles. The van der Waals surface area contributed by atoms with Gasteiger partial charge in [0.2, 0.25) is 0 Å². The van der Waals surface area contributed by atoms with E-state index in [9.17, 15) is 18.0 Å². The summed E-state index contributed by atoms with van der Waals surface area (Å²) in [6, 6.07) is -0.562. The normalized spacial score (nSPS) is 13.9. The summed E-state index contributed by atoms with van der Waals surface area (Å²) in [5.41, 5.74) is 5.26. The third-order valence-corrected chi connectivity index (χ3v) is 1.41. The first-order valence-electron chi connectivity index (χ1n) is 4.01. The molecule has 0 aromatic rings. The minimum Gasteiger partial charge on any atom is -0.395 e. The van der Waals surface area contributed by atoms with Crippen molar-refractivity contribution in [2.45, 2.75) is 19.1 Å². The van der Waals surface area contributed by atoms with Crippen molar-refractivity contribution in [1.29, 1.82) is 0 Å². The summed E-state index contributed by atoms with van der Waals surface area (Å²) in [6.07, 6.45) is -4.91. The lowest BCUT2D eigenvalue weighted by molar-refractivity contribution is -0.186. The van der Waals surface area contributed by atoms with Crippen LogP contribution in [0.1, 0.15) is 6.92 Å². The van der Waals surface area contributed by atoms with Crippen LogP contribution >= 0.6 is 0 Å². The van der Waals surface area contributed by atoms with Crippen molar-refractivity contribution in [3.05, 3.63) is 0 Å². The van der Waals surface area contributed by atoms with Gasteiger partial charge in [0.05, 0.1) is 6.61 Å². The van der Waals surface area contributed by atoms with Gasteiger partial charge in [-0.15, -0.1) is 0 Å². The van der Waals surface area contributed by atoms with Crippen molar-refractivity contribution in [1.82, 2.24) is 4.90 Å². The number of carbonyl (C=O) groups is 1. The molecule has 0 aromatic carbocycles. The lowest BCUT2D eigenvalue weighted by Gasteiger charge is -2.24. The zero-order valence-electron chi connectivity index (χ0n) is 7.71. The highest BCUT2D eigenvalue weighted by atomic mass is 19.4. The molecule has 0 fully saturated rings. The fraction of sp³-hybridized carbons (Fsp3) is 0.857. The molecule has 0 aliphatic carbocycles. The summed E-state index contributed by atoms with van der Waals surface area (Å²) in [7, 11) is 0. The number of halogens is 3. The Kier molecular flexibility index (Phi) is 4.86. The van der Waals surface area contributed by atoms with Crippen LogP contribution in [0.15, 0.2) is 0 Å². The number of alkyl halides is 3. The molecule has 7 heteroatoms. The number of nitrogens with zero attached hydrogens (tertiary/aromatic N) is 1. The fourth-order valence-corrected chi connectivity index (χ4v) is 0.923. The predicted octanol–water partition coefficient (Wildman–Crippen LogP) is -0.283. The van der Waals surface area contributed by atoms with Crippen LogP contribution < -0.4 is 5.73 Å². The van der Waals surface area contributed by atoms with Gasteiger partial charge in [-0.2, -0.15) is 13.2 Å². The Hall–Kier alpha value is -0.820.